The van der Waals surface area contributed by atoms with Gasteiger partial charge in [-0.2, -0.15) is 4.89 Å². The highest BCUT2D eigenvalue weighted by Crippen LogP contribution is 2.15. The van der Waals surface area contributed by atoms with Crippen molar-refractivity contribution in [3.8, 4) is 0 Å². The number of hydrogen-bond acceptors (Lipinski definition) is 3. The molecule has 0 heterocycles. The molecule has 0 amide bonds. The molecule has 0 rings (SSSR count). The van der Waals surface area contributed by atoms with E-state index < -0.39 is 25.8 Å². The van der Waals surface area contributed by atoms with Gasteiger partial charge in [-0.25, -0.2) is 4.79 Å². The second-order valence-electron chi connectivity index (χ2n) is 3.10. The average Bonchev–Trinajstić information content (AvgIpc) is 1.53. The minimum Gasteiger partial charge on any atom is -0.457 e. The third-order valence-corrected chi connectivity index (χ3v) is 1.21. The lowest BCUT2D eigenvalue weighted by molar-refractivity contribution is -0.151. The van der Waals surface area contributed by atoms with E-state index in [-0.39, 0.29) is 0 Å². The molecule has 1 N–H and O–H groups in total. The molecule has 4 nitrogen and oxygen atoms in total. The molecule has 0 radical (unpaired) electrons. The summed E-state index contributed by atoms with van der Waals surface area (Å²) in [6.07, 6.45) is -0.424. The third-order valence-electron chi connectivity index (χ3n) is 0.684. The summed E-state index contributed by atoms with van der Waals surface area (Å²) in [5.41, 5.74) is -0.581. The first kappa shape index (κ1) is 10.5. The van der Waals surface area contributed by atoms with Crippen LogP contribution in [0.15, 0.2) is 0 Å². The lowest BCUT2D eigenvalue weighted by atomic mass is 10.2. The van der Waals surface area contributed by atoms with Gasteiger partial charge in [-0.1, -0.05) is 0 Å². The van der Waals surface area contributed by atoms with Crippen LogP contribution in [0.1, 0.15) is 20.8 Å². The molecule has 1 unspecified atom stereocenters. The van der Waals surface area contributed by atoms with Gasteiger partial charge >= 0.3 is 14.0 Å². The van der Waals surface area contributed by atoms with Gasteiger partial charge in [-0.15, -0.1) is 0 Å². The second-order valence-corrected chi connectivity index (χ2v) is 4.12. The van der Waals surface area contributed by atoms with Crippen LogP contribution in [0.4, 0.5) is 0 Å². The maximum atomic E-state index is 10.7. The minimum absolute atomic E-state index is 0.424. The first-order valence-corrected chi connectivity index (χ1v) is 4.56. The van der Waals surface area contributed by atoms with E-state index in [0.29, 0.717) is 0 Å². The van der Waals surface area contributed by atoms with E-state index in [9.17, 15) is 9.36 Å². The maximum Gasteiger partial charge on any atom is 0.517 e. The molecule has 0 aliphatic heterocycles. The monoisotopic (exact) mass is 179 g/mol. The Morgan fingerprint density at radius 3 is 2.27 bits per heavy atom. The summed E-state index contributed by atoms with van der Waals surface area (Å²) in [4.78, 5) is 19.0. The van der Waals surface area contributed by atoms with Crippen molar-refractivity contribution in [1.29, 1.82) is 0 Å². The number of ether oxygens (including phenoxy) is 1. The topological polar surface area (TPSA) is 63.6 Å². The minimum atomic E-state index is -2.42. The van der Waals surface area contributed by atoms with Gasteiger partial charge < -0.3 is 4.74 Å². The molecule has 11 heavy (non-hydrogen) atoms. The molecule has 64 valence electrons. The van der Waals surface area contributed by atoms with E-state index in [1.54, 1.807) is 20.8 Å². The highest BCUT2D eigenvalue weighted by molar-refractivity contribution is 7.39. The summed E-state index contributed by atoms with van der Waals surface area (Å²) in [5, 5.41) is 0. The van der Waals surface area contributed by atoms with Crippen LogP contribution in [-0.4, -0.2) is 22.6 Å². The van der Waals surface area contributed by atoms with Crippen molar-refractivity contribution in [2.75, 3.05) is 6.16 Å². The van der Waals surface area contributed by atoms with Crippen LogP contribution in [0.3, 0.4) is 0 Å². The fourth-order valence-electron chi connectivity index (χ4n) is 0.484. The largest absolute Gasteiger partial charge is 0.517 e. The first-order chi connectivity index (χ1) is 4.81. The van der Waals surface area contributed by atoms with Crippen LogP contribution in [0.5, 0.6) is 0 Å². The van der Waals surface area contributed by atoms with Crippen LogP contribution in [-0.2, 0) is 14.1 Å². The normalized spacial score (nSPS) is 12.5. The Hall–Kier alpha value is -0.470. The second kappa shape index (κ2) is 3.79. The van der Waals surface area contributed by atoms with Crippen LogP contribution < -0.4 is 0 Å². The molecule has 0 aromatic heterocycles. The van der Waals surface area contributed by atoms with Crippen molar-refractivity contribution in [3.05, 3.63) is 0 Å². The SMILES string of the molecule is CC(C)(C)OC(=O)C[P+](=O)O. The van der Waals surface area contributed by atoms with Crippen LogP contribution >= 0.6 is 8.03 Å². The quantitative estimate of drug-likeness (QED) is 0.508. The van der Waals surface area contributed by atoms with Crippen molar-refractivity contribution >= 4 is 14.0 Å². The smallest absolute Gasteiger partial charge is 0.457 e. The first-order valence-electron chi connectivity index (χ1n) is 3.16. The van der Waals surface area contributed by atoms with Gasteiger partial charge in [0.25, 0.3) is 6.16 Å². The number of hydrogen-bond donors (Lipinski definition) is 1. The molecular formula is C6H12O4P+. The molecule has 0 fully saturated rings. The highest BCUT2D eigenvalue weighted by atomic mass is 31.1. The molecule has 5 heteroatoms. The van der Waals surface area contributed by atoms with Gasteiger partial charge in [0, 0.05) is 0 Å². The molecule has 0 aromatic carbocycles. The Kier molecular flexibility index (Phi) is 3.63. The van der Waals surface area contributed by atoms with Gasteiger partial charge in [-0.05, 0) is 25.3 Å². The molecule has 0 saturated carbocycles. The predicted molar refractivity (Wildman–Crippen MR) is 40.5 cm³/mol. The Morgan fingerprint density at radius 2 is 2.00 bits per heavy atom. The number of rotatable bonds is 2. The van der Waals surface area contributed by atoms with E-state index in [1.165, 1.54) is 0 Å². The lowest BCUT2D eigenvalue weighted by Crippen LogP contribution is -2.24. The van der Waals surface area contributed by atoms with E-state index in [0.717, 1.165) is 0 Å². The third kappa shape index (κ3) is 7.43. The number of esters is 1. The molecule has 0 saturated heterocycles. The van der Waals surface area contributed by atoms with E-state index in [2.05, 4.69) is 0 Å². The number of carbonyl (C=O) groups is 1. The van der Waals surface area contributed by atoms with E-state index in [4.69, 9.17) is 9.63 Å². The summed E-state index contributed by atoms with van der Waals surface area (Å²) < 4.78 is 14.9. The van der Waals surface area contributed by atoms with Crippen LogP contribution in [0.25, 0.3) is 0 Å². The van der Waals surface area contributed by atoms with Crippen molar-refractivity contribution in [1.82, 2.24) is 0 Å². The zero-order chi connectivity index (χ0) is 9.07. The maximum absolute atomic E-state index is 10.7. The van der Waals surface area contributed by atoms with Gasteiger partial charge in [0.15, 0.2) is 0 Å². The summed E-state index contributed by atoms with van der Waals surface area (Å²) in [5.74, 6) is -0.638. The predicted octanol–water partition coefficient (Wildman–Crippen LogP) is 1.06. The molecule has 0 bridgehead atoms. The average molecular weight is 179 g/mol. The van der Waals surface area contributed by atoms with Gasteiger partial charge in [-0.3, -0.25) is 0 Å². The molecule has 0 aromatic rings. The van der Waals surface area contributed by atoms with Crippen molar-refractivity contribution < 1.29 is 19.0 Å². The Labute approximate surface area is 66.4 Å². The lowest BCUT2D eigenvalue weighted by Gasteiger charge is -2.17. The standard InChI is InChI=1S/C6H11O4P/c1-6(2,3)10-5(7)4-11(8)9/h4H2,1-3H3/p+1. The van der Waals surface area contributed by atoms with E-state index in [1.807, 2.05) is 0 Å². The summed E-state index contributed by atoms with van der Waals surface area (Å²) in [6, 6.07) is 0. The summed E-state index contributed by atoms with van der Waals surface area (Å²) in [6.45, 7) is 5.11. The van der Waals surface area contributed by atoms with Crippen molar-refractivity contribution in [2.24, 2.45) is 0 Å². The van der Waals surface area contributed by atoms with Gasteiger partial charge in [0.05, 0.1) is 0 Å². The van der Waals surface area contributed by atoms with E-state index >= 15 is 0 Å². The number of carbonyl (C=O) groups excluding carboxylic acids is 1. The Balaban J connectivity index is 3.80. The summed E-state index contributed by atoms with van der Waals surface area (Å²) >= 11 is 0. The Bertz CT molecular complexity index is 170. The molecular weight excluding hydrogens is 167 g/mol. The summed E-state index contributed by atoms with van der Waals surface area (Å²) in [7, 11) is -2.42. The van der Waals surface area contributed by atoms with Crippen molar-refractivity contribution in [2.45, 2.75) is 26.4 Å². The Morgan fingerprint density at radius 1 is 1.55 bits per heavy atom. The molecule has 0 aliphatic carbocycles. The molecule has 1 atom stereocenters. The zero-order valence-electron chi connectivity index (χ0n) is 6.83. The molecule has 0 aliphatic rings. The molecule has 0 spiro atoms. The van der Waals surface area contributed by atoms with Gasteiger partial charge in [0.2, 0.25) is 0 Å². The van der Waals surface area contributed by atoms with Crippen molar-refractivity contribution in [3.63, 3.8) is 0 Å². The van der Waals surface area contributed by atoms with Crippen LogP contribution in [0.2, 0.25) is 0 Å². The fraction of sp³-hybridized carbons (Fsp3) is 0.833. The van der Waals surface area contributed by atoms with Crippen LogP contribution in [0, 0.1) is 0 Å². The zero-order valence-corrected chi connectivity index (χ0v) is 7.72. The van der Waals surface area contributed by atoms with Gasteiger partial charge in [0.1, 0.15) is 5.60 Å². The fourth-order valence-corrected chi connectivity index (χ4v) is 0.770. The highest BCUT2D eigenvalue weighted by Gasteiger charge is 2.24.